The van der Waals surface area contributed by atoms with Crippen LogP contribution in [0.1, 0.15) is 25.8 Å². The maximum Gasteiger partial charge on any atom is 0.189 e. The molecule has 1 aromatic rings. The van der Waals surface area contributed by atoms with Gasteiger partial charge in [-0.05, 0) is 6.92 Å². The molecular weight excluding hydrogens is 208 g/mol. The van der Waals surface area contributed by atoms with E-state index in [1.165, 1.54) is 6.92 Å². The molecule has 0 heterocycles. The topological polar surface area (TPSA) is 80.9 Å². The number of aliphatic hydroxyl groups is 4. The molecule has 0 fully saturated rings. The number of rotatable bonds is 3. The zero-order chi connectivity index (χ0) is 12.6. The summed E-state index contributed by atoms with van der Waals surface area (Å²) >= 11 is 0. The highest BCUT2D eigenvalue weighted by atomic mass is 16.5. The van der Waals surface area contributed by atoms with E-state index in [2.05, 4.69) is 0 Å². The second-order valence-corrected chi connectivity index (χ2v) is 3.57. The van der Waals surface area contributed by atoms with E-state index in [0.29, 0.717) is 12.0 Å². The Hall–Kier alpha value is -0.940. The van der Waals surface area contributed by atoms with E-state index in [0.717, 1.165) is 0 Å². The van der Waals surface area contributed by atoms with Crippen LogP contribution in [0.25, 0.3) is 0 Å². The van der Waals surface area contributed by atoms with Crippen LogP contribution >= 0.6 is 0 Å². The molecule has 0 aromatic heterocycles. The van der Waals surface area contributed by atoms with Crippen LogP contribution in [0.3, 0.4) is 0 Å². The maximum absolute atomic E-state index is 9.35. The van der Waals surface area contributed by atoms with Gasteiger partial charge in [0.15, 0.2) is 5.79 Å². The van der Waals surface area contributed by atoms with Crippen molar-refractivity contribution in [1.29, 1.82) is 0 Å². The van der Waals surface area contributed by atoms with Crippen molar-refractivity contribution in [3.8, 4) is 0 Å². The Labute approximate surface area is 95.8 Å². The summed E-state index contributed by atoms with van der Waals surface area (Å²) in [4.78, 5) is 0. The first-order valence-corrected chi connectivity index (χ1v) is 5.23. The van der Waals surface area contributed by atoms with Crippen molar-refractivity contribution in [3.63, 3.8) is 0 Å². The van der Waals surface area contributed by atoms with E-state index < -0.39 is 11.9 Å². The van der Waals surface area contributed by atoms with Crippen molar-refractivity contribution in [2.24, 2.45) is 0 Å². The van der Waals surface area contributed by atoms with Gasteiger partial charge < -0.3 is 20.4 Å². The van der Waals surface area contributed by atoms with Gasteiger partial charge in [-0.3, -0.25) is 0 Å². The van der Waals surface area contributed by atoms with Gasteiger partial charge in [-0.15, -0.1) is 0 Å². The highest BCUT2D eigenvalue weighted by molar-refractivity contribution is 5.19. The van der Waals surface area contributed by atoms with Crippen LogP contribution in [0.2, 0.25) is 0 Å². The lowest BCUT2D eigenvalue weighted by molar-refractivity contribution is -0.171. The first-order chi connectivity index (χ1) is 7.44. The minimum atomic E-state index is -1.67. The number of benzene rings is 1. The maximum atomic E-state index is 9.35. The van der Waals surface area contributed by atoms with Crippen LogP contribution in [-0.4, -0.2) is 33.1 Å². The molecule has 92 valence electrons. The van der Waals surface area contributed by atoms with Crippen molar-refractivity contribution in [1.82, 2.24) is 0 Å². The van der Waals surface area contributed by atoms with E-state index in [9.17, 15) is 10.2 Å². The third-order valence-corrected chi connectivity index (χ3v) is 1.99. The summed E-state index contributed by atoms with van der Waals surface area (Å²) < 4.78 is 0. The summed E-state index contributed by atoms with van der Waals surface area (Å²) in [5.74, 6) is -1.67. The van der Waals surface area contributed by atoms with Crippen LogP contribution in [0.5, 0.6) is 0 Å². The SMILES string of the molecule is CC(O)CO.CCC(O)(O)c1ccccc1. The Bertz CT molecular complexity index is 270. The molecule has 0 aliphatic rings. The molecular formula is C12H20O4. The Morgan fingerprint density at radius 3 is 1.94 bits per heavy atom. The van der Waals surface area contributed by atoms with Gasteiger partial charge in [0.25, 0.3) is 0 Å². The van der Waals surface area contributed by atoms with E-state index in [4.69, 9.17) is 10.2 Å². The average Bonchev–Trinajstić information content (AvgIpc) is 2.31. The highest BCUT2D eigenvalue weighted by Crippen LogP contribution is 2.20. The number of hydrogen-bond acceptors (Lipinski definition) is 4. The van der Waals surface area contributed by atoms with Crippen LogP contribution < -0.4 is 0 Å². The molecule has 1 unspecified atom stereocenters. The molecule has 4 nitrogen and oxygen atoms in total. The van der Waals surface area contributed by atoms with Crippen LogP contribution in [0.4, 0.5) is 0 Å². The van der Waals surface area contributed by atoms with Gasteiger partial charge in [-0.2, -0.15) is 0 Å². The van der Waals surface area contributed by atoms with Crippen LogP contribution in [0.15, 0.2) is 30.3 Å². The van der Waals surface area contributed by atoms with E-state index in [-0.39, 0.29) is 6.61 Å². The lowest BCUT2D eigenvalue weighted by atomic mass is 10.0. The summed E-state index contributed by atoms with van der Waals surface area (Å²) in [5.41, 5.74) is 0.544. The van der Waals surface area contributed by atoms with Gasteiger partial charge in [0.2, 0.25) is 0 Å². The summed E-state index contributed by atoms with van der Waals surface area (Å²) in [6.45, 7) is 3.12. The van der Waals surface area contributed by atoms with Gasteiger partial charge in [-0.25, -0.2) is 0 Å². The van der Waals surface area contributed by atoms with Gasteiger partial charge in [-0.1, -0.05) is 37.3 Å². The molecule has 0 saturated heterocycles. The molecule has 0 aliphatic heterocycles. The predicted octanol–water partition coefficient (Wildman–Crippen LogP) is 0.594. The van der Waals surface area contributed by atoms with Gasteiger partial charge in [0, 0.05) is 12.0 Å². The lowest BCUT2D eigenvalue weighted by Crippen LogP contribution is -2.23. The summed E-state index contributed by atoms with van der Waals surface area (Å²) in [6.07, 6.45) is -0.258. The smallest absolute Gasteiger partial charge is 0.189 e. The number of aliphatic hydroxyl groups excluding tert-OH is 2. The zero-order valence-corrected chi connectivity index (χ0v) is 9.67. The Balaban J connectivity index is 0.000000385. The van der Waals surface area contributed by atoms with E-state index in [1.54, 1.807) is 31.2 Å². The summed E-state index contributed by atoms with van der Waals surface area (Å²) in [5, 5.41) is 34.7. The Morgan fingerprint density at radius 1 is 1.19 bits per heavy atom. The molecule has 0 amide bonds. The molecule has 0 bridgehead atoms. The third kappa shape index (κ3) is 5.82. The Kier molecular flexibility index (Phi) is 6.92. The normalized spacial score (nSPS) is 12.6. The number of hydrogen-bond donors (Lipinski definition) is 4. The van der Waals surface area contributed by atoms with E-state index in [1.807, 2.05) is 6.07 Å². The van der Waals surface area contributed by atoms with Crippen molar-refractivity contribution < 1.29 is 20.4 Å². The lowest BCUT2D eigenvalue weighted by Gasteiger charge is -2.19. The molecule has 1 atom stereocenters. The molecule has 1 rings (SSSR count). The summed E-state index contributed by atoms with van der Waals surface area (Å²) in [6, 6.07) is 8.81. The minimum absolute atomic E-state index is 0.139. The van der Waals surface area contributed by atoms with Crippen molar-refractivity contribution >= 4 is 0 Å². The molecule has 0 saturated carbocycles. The van der Waals surface area contributed by atoms with Crippen LogP contribution in [-0.2, 0) is 5.79 Å². The first-order valence-electron chi connectivity index (χ1n) is 5.23. The average molecular weight is 228 g/mol. The molecule has 0 spiro atoms. The largest absolute Gasteiger partial charge is 0.394 e. The van der Waals surface area contributed by atoms with Crippen molar-refractivity contribution in [2.75, 3.05) is 6.61 Å². The second kappa shape index (κ2) is 7.35. The van der Waals surface area contributed by atoms with Gasteiger partial charge in [0.05, 0.1) is 12.7 Å². The second-order valence-electron chi connectivity index (χ2n) is 3.57. The third-order valence-electron chi connectivity index (χ3n) is 1.99. The van der Waals surface area contributed by atoms with Crippen LogP contribution in [0, 0.1) is 0 Å². The molecule has 0 aliphatic carbocycles. The van der Waals surface area contributed by atoms with Crippen molar-refractivity contribution in [3.05, 3.63) is 35.9 Å². The quantitative estimate of drug-likeness (QED) is 0.571. The van der Waals surface area contributed by atoms with E-state index >= 15 is 0 Å². The van der Waals surface area contributed by atoms with Gasteiger partial charge >= 0.3 is 0 Å². The Morgan fingerprint density at radius 2 is 1.62 bits per heavy atom. The predicted molar refractivity (Wildman–Crippen MR) is 61.6 cm³/mol. The molecule has 1 aromatic carbocycles. The fourth-order valence-corrected chi connectivity index (χ4v) is 0.909. The molecule has 4 heteroatoms. The van der Waals surface area contributed by atoms with Crippen molar-refractivity contribution in [2.45, 2.75) is 32.2 Å². The first kappa shape index (κ1) is 15.1. The zero-order valence-electron chi connectivity index (χ0n) is 9.67. The molecule has 4 N–H and O–H groups in total. The molecule has 0 radical (unpaired) electrons. The fraction of sp³-hybridized carbons (Fsp3) is 0.500. The fourth-order valence-electron chi connectivity index (χ4n) is 0.909. The highest BCUT2D eigenvalue weighted by Gasteiger charge is 2.21. The monoisotopic (exact) mass is 228 g/mol. The van der Waals surface area contributed by atoms with Gasteiger partial charge in [0.1, 0.15) is 0 Å². The minimum Gasteiger partial charge on any atom is -0.394 e. The summed E-state index contributed by atoms with van der Waals surface area (Å²) in [7, 11) is 0. The molecule has 16 heavy (non-hydrogen) atoms. The standard InChI is InChI=1S/C9H12O2.C3H8O2/c1-2-9(10,11)8-6-4-3-5-7-8;1-3(5)2-4/h3-7,10-11H,2H2,1H3;3-5H,2H2,1H3.